The summed E-state index contributed by atoms with van der Waals surface area (Å²) < 4.78 is 13.3. The number of carbonyl (C=O) groups is 1. The molecule has 118 valence electrons. The van der Waals surface area contributed by atoms with Crippen molar-refractivity contribution in [2.75, 3.05) is 13.6 Å². The number of aromatic amines is 1. The van der Waals surface area contributed by atoms with Crippen LogP contribution in [0.25, 0.3) is 11.3 Å². The average Bonchev–Trinajstić information content (AvgIpc) is 2.88. The van der Waals surface area contributed by atoms with Crippen molar-refractivity contribution >= 4 is 17.5 Å². The van der Waals surface area contributed by atoms with E-state index in [2.05, 4.69) is 10.2 Å². The molecule has 0 radical (unpaired) electrons. The second kappa shape index (κ2) is 6.06. The summed E-state index contributed by atoms with van der Waals surface area (Å²) in [7, 11) is 1.59. The van der Waals surface area contributed by atoms with Gasteiger partial charge in [0.25, 0.3) is 5.91 Å². The molecule has 2 aromatic rings. The van der Waals surface area contributed by atoms with Crippen molar-refractivity contribution in [3.8, 4) is 11.3 Å². The third-order valence-corrected chi connectivity index (χ3v) is 3.34. The molecule has 1 heterocycles. The molecule has 22 heavy (non-hydrogen) atoms. The number of likely N-dealkylation sites (N-methyl/N-ethyl adjacent to an activating group) is 1. The van der Waals surface area contributed by atoms with Gasteiger partial charge in [-0.25, -0.2) is 4.39 Å². The Labute approximate surface area is 132 Å². The van der Waals surface area contributed by atoms with Crippen molar-refractivity contribution < 1.29 is 14.3 Å². The number of nitrogens with one attached hydrogen (secondary N) is 1. The molecule has 0 bridgehead atoms. The van der Waals surface area contributed by atoms with E-state index in [0.717, 1.165) is 0 Å². The van der Waals surface area contributed by atoms with Gasteiger partial charge in [-0.1, -0.05) is 11.6 Å². The standard InChI is InChI=1S/C15H17ClFN3O2/c1-15(2,22)8-20(3)14(21)10-7-18-19-13(10)9-4-5-12(17)11(16)6-9/h4-7,22H,8H2,1-3H3,(H,18,19). The van der Waals surface area contributed by atoms with Gasteiger partial charge >= 0.3 is 0 Å². The normalized spacial score (nSPS) is 11.5. The molecule has 1 amide bonds. The fourth-order valence-corrected chi connectivity index (χ4v) is 2.36. The third-order valence-electron chi connectivity index (χ3n) is 3.05. The molecule has 5 nitrogen and oxygen atoms in total. The number of nitrogens with zero attached hydrogens (tertiary/aromatic N) is 2. The Morgan fingerprint density at radius 3 is 2.77 bits per heavy atom. The Kier molecular flexibility index (Phi) is 4.53. The van der Waals surface area contributed by atoms with Crippen molar-refractivity contribution in [3.63, 3.8) is 0 Å². The predicted molar refractivity (Wildman–Crippen MR) is 82.3 cm³/mol. The Balaban J connectivity index is 2.33. The van der Waals surface area contributed by atoms with Crippen LogP contribution in [0.4, 0.5) is 4.39 Å². The van der Waals surface area contributed by atoms with Gasteiger partial charge in [0.15, 0.2) is 0 Å². The molecule has 0 aliphatic carbocycles. The summed E-state index contributed by atoms with van der Waals surface area (Å²) in [5.74, 6) is -0.830. The van der Waals surface area contributed by atoms with E-state index in [1.807, 2.05) is 0 Å². The predicted octanol–water partition coefficient (Wildman–Crippen LogP) is 2.71. The highest BCUT2D eigenvalue weighted by atomic mass is 35.5. The molecule has 0 aliphatic heterocycles. The zero-order valence-electron chi connectivity index (χ0n) is 12.5. The summed E-state index contributed by atoms with van der Waals surface area (Å²) in [4.78, 5) is 13.9. The first-order valence-corrected chi connectivity index (χ1v) is 7.03. The number of aromatic nitrogens is 2. The summed E-state index contributed by atoms with van der Waals surface area (Å²) in [6.45, 7) is 3.40. The van der Waals surface area contributed by atoms with Crippen LogP contribution in [-0.4, -0.2) is 45.3 Å². The van der Waals surface area contributed by atoms with Gasteiger partial charge in [-0.05, 0) is 32.0 Å². The highest BCUT2D eigenvalue weighted by Gasteiger charge is 2.23. The number of H-pyrrole nitrogens is 1. The van der Waals surface area contributed by atoms with E-state index in [0.29, 0.717) is 16.8 Å². The zero-order valence-corrected chi connectivity index (χ0v) is 13.3. The number of aliphatic hydroxyl groups is 1. The monoisotopic (exact) mass is 325 g/mol. The maximum absolute atomic E-state index is 13.3. The first kappa shape index (κ1) is 16.5. The Morgan fingerprint density at radius 2 is 2.18 bits per heavy atom. The van der Waals surface area contributed by atoms with Crippen molar-refractivity contribution in [1.82, 2.24) is 15.1 Å². The van der Waals surface area contributed by atoms with Gasteiger partial charge in [-0.3, -0.25) is 9.89 Å². The molecule has 0 saturated heterocycles. The van der Waals surface area contributed by atoms with Gasteiger partial charge in [0.05, 0.1) is 28.1 Å². The summed E-state index contributed by atoms with van der Waals surface area (Å²) in [6, 6.07) is 4.17. The summed E-state index contributed by atoms with van der Waals surface area (Å²) in [6.07, 6.45) is 1.40. The van der Waals surface area contributed by atoms with E-state index in [-0.39, 0.29) is 17.5 Å². The molecule has 0 saturated carbocycles. The van der Waals surface area contributed by atoms with Gasteiger partial charge in [0.1, 0.15) is 5.82 Å². The van der Waals surface area contributed by atoms with E-state index >= 15 is 0 Å². The Bertz CT molecular complexity index is 694. The van der Waals surface area contributed by atoms with Crippen LogP contribution < -0.4 is 0 Å². The maximum atomic E-state index is 13.3. The van der Waals surface area contributed by atoms with Crippen molar-refractivity contribution in [3.05, 3.63) is 40.8 Å². The van der Waals surface area contributed by atoms with Crippen LogP contribution in [-0.2, 0) is 0 Å². The van der Waals surface area contributed by atoms with Gasteiger partial charge in [-0.2, -0.15) is 5.10 Å². The van der Waals surface area contributed by atoms with E-state index in [1.54, 1.807) is 20.9 Å². The molecule has 1 aromatic heterocycles. The van der Waals surface area contributed by atoms with Crippen molar-refractivity contribution in [2.45, 2.75) is 19.4 Å². The number of hydrogen-bond acceptors (Lipinski definition) is 3. The lowest BCUT2D eigenvalue weighted by Crippen LogP contribution is -2.39. The second-order valence-corrected chi connectivity index (χ2v) is 6.17. The molecule has 7 heteroatoms. The van der Waals surface area contributed by atoms with Crippen LogP contribution in [0.2, 0.25) is 5.02 Å². The number of amides is 1. The van der Waals surface area contributed by atoms with Crippen molar-refractivity contribution in [1.29, 1.82) is 0 Å². The van der Waals surface area contributed by atoms with Crippen LogP contribution in [0.3, 0.4) is 0 Å². The fraction of sp³-hybridized carbons (Fsp3) is 0.333. The smallest absolute Gasteiger partial charge is 0.257 e. The molecule has 0 aliphatic rings. The van der Waals surface area contributed by atoms with Crippen LogP contribution in [0.15, 0.2) is 24.4 Å². The van der Waals surface area contributed by atoms with E-state index in [1.165, 1.54) is 29.3 Å². The quantitative estimate of drug-likeness (QED) is 0.908. The molecule has 0 spiro atoms. The van der Waals surface area contributed by atoms with Crippen LogP contribution in [0.1, 0.15) is 24.2 Å². The maximum Gasteiger partial charge on any atom is 0.257 e. The highest BCUT2D eigenvalue weighted by molar-refractivity contribution is 6.31. The molecule has 2 N–H and O–H groups in total. The van der Waals surface area contributed by atoms with Gasteiger partial charge < -0.3 is 10.0 Å². The second-order valence-electron chi connectivity index (χ2n) is 5.76. The van der Waals surface area contributed by atoms with Gasteiger partial charge in [0, 0.05) is 19.2 Å². The number of carbonyl (C=O) groups excluding carboxylic acids is 1. The molecule has 0 atom stereocenters. The van der Waals surface area contributed by atoms with Crippen LogP contribution in [0, 0.1) is 5.82 Å². The number of hydrogen-bond donors (Lipinski definition) is 2. The lowest BCUT2D eigenvalue weighted by Gasteiger charge is -2.25. The zero-order chi connectivity index (χ0) is 16.5. The SMILES string of the molecule is CN(CC(C)(C)O)C(=O)c1cn[nH]c1-c1ccc(F)c(Cl)c1. The lowest BCUT2D eigenvalue weighted by molar-refractivity contribution is 0.0368. The molecule has 1 aromatic carbocycles. The Morgan fingerprint density at radius 1 is 1.50 bits per heavy atom. The third kappa shape index (κ3) is 3.64. The van der Waals surface area contributed by atoms with Crippen LogP contribution in [0.5, 0.6) is 0 Å². The van der Waals surface area contributed by atoms with Gasteiger partial charge in [0.2, 0.25) is 0 Å². The van der Waals surface area contributed by atoms with Crippen molar-refractivity contribution in [2.24, 2.45) is 0 Å². The summed E-state index contributed by atoms with van der Waals surface area (Å²) in [5.41, 5.74) is 0.334. The molecule has 0 fully saturated rings. The number of rotatable bonds is 4. The highest BCUT2D eigenvalue weighted by Crippen LogP contribution is 2.26. The lowest BCUT2D eigenvalue weighted by atomic mass is 10.1. The minimum absolute atomic E-state index is 0.0321. The van der Waals surface area contributed by atoms with E-state index in [9.17, 15) is 14.3 Å². The minimum atomic E-state index is -1.01. The van der Waals surface area contributed by atoms with Crippen LogP contribution >= 0.6 is 11.6 Å². The van der Waals surface area contributed by atoms with E-state index < -0.39 is 11.4 Å². The number of benzene rings is 1. The number of halogens is 2. The first-order valence-electron chi connectivity index (χ1n) is 6.65. The summed E-state index contributed by atoms with van der Waals surface area (Å²) >= 11 is 5.77. The molecule has 2 rings (SSSR count). The van der Waals surface area contributed by atoms with E-state index in [4.69, 9.17) is 11.6 Å². The summed E-state index contributed by atoms with van der Waals surface area (Å²) in [5, 5.41) is 16.4. The topological polar surface area (TPSA) is 69.2 Å². The van der Waals surface area contributed by atoms with Gasteiger partial charge in [-0.15, -0.1) is 0 Å². The average molecular weight is 326 g/mol. The largest absolute Gasteiger partial charge is 0.389 e. The molecule has 0 unspecified atom stereocenters. The molecular weight excluding hydrogens is 309 g/mol. The first-order chi connectivity index (χ1) is 10.2. The minimum Gasteiger partial charge on any atom is -0.389 e. The fourth-order valence-electron chi connectivity index (χ4n) is 2.18. The Hall–Kier alpha value is -1.92. The molecular formula is C15H17ClFN3O2.